The van der Waals surface area contributed by atoms with E-state index < -0.39 is 21.2 Å². The Morgan fingerprint density at radius 1 is 1.32 bits per heavy atom. The molecule has 0 radical (unpaired) electrons. The number of aryl methyl sites for hydroxylation is 2. The number of hydrogen-bond donors (Lipinski definition) is 2. The minimum absolute atomic E-state index is 0.435. The van der Waals surface area contributed by atoms with Crippen LogP contribution in [-0.2, 0) is 19.6 Å². The predicted molar refractivity (Wildman–Crippen MR) is 74.3 cm³/mol. The van der Waals surface area contributed by atoms with Gasteiger partial charge in [0.1, 0.15) is 0 Å². The Morgan fingerprint density at radius 2 is 1.79 bits per heavy atom. The van der Waals surface area contributed by atoms with E-state index in [9.17, 15) is 13.2 Å². The molecule has 0 saturated heterocycles. The van der Waals surface area contributed by atoms with Crippen LogP contribution < -0.4 is 10.5 Å². The molecule has 6 nitrogen and oxygen atoms in total. The molecule has 1 unspecified atom stereocenters. The van der Waals surface area contributed by atoms with Crippen LogP contribution in [0.5, 0.6) is 0 Å². The molecular weight excluding hydrogens is 268 g/mol. The number of hydrogen-bond acceptors (Lipinski definition) is 5. The maximum Gasteiger partial charge on any atom is 0.325 e. The van der Waals surface area contributed by atoms with E-state index in [2.05, 4.69) is 9.46 Å². The molecule has 0 amide bonds. The van der Waals surface area contributed by atoms with Crippen molar-refractivity contribution in [3.63, 3.8) is 0 Å². The fourth-order valence-corrected chi connectivity index (χ4v) is 2.81. The number of rotatable bonds is 4. The highest BCUT2D eigenvalue weighted by atomic mass is 32.2. The van der Waals surface area contributed by atoms with Crippen molar-refractivity contribution in [1.82, 2.24) is 0 Å². The number of nitrogens with two attached hydrogens (primary N) is 1. The van der Waals surface area contributed by atoms with Crippen molar-refractivity contribution >= 4 is 27.4 Å². The lowest BCUT2D eigenvalue weighted by Gasteiger charge is -2.16. The molecule has 0 fully saturated rings. The number of benzene rings is 1. The average molecular weight is 286 g/mol. The fourth-order valence-electron chi connectivity index (χ4n) is 1.68. The van der Waals surface area contributed by atoms with Gasteiger partial charge in [-0.1, -0.05) is 0 Å². The summed E-state index contributed by atoms with van der Waals surface area (Å²) in [6, 6.07) is 3.32. The molecule has 19 heavy (non-hydrogen) atoms. The molecule has 1 atom stereocenters. The summed E-state index contributed by atoms with van der Waals surface area (Å²) in [6.45, 7) is 4.75. The minimum Gasteiger partial charge on any atom is -0.468 e. The van der Waals surface area contributed by atoms with Gasteiger partial charge in [0, 0.05) is 5.69 Å². The summed E-state index contributed by atoms with van der Waals surface area (Å²) in [5.41, 5.74) is 8.05. The van der Waals surface area contributed by atoms with Crippen molar-refractivity contribution in [1.29, 1.82) is 0 Å². The highest BCUT2D eigenvalue weighted by Crippen LogP contribution is 2.25. The summed E-state index contributed by atoms with van der Waals surface area (Å²) < 4.78 is 30.9. The largest absolute Gasteiger partial charge is 0.468 e. The number of anilines is 2. The SMILES string of the molecule is COC(=O)C(C)S(=O)(=O)Nc1c(C)cc(N)cc1C. The zero-order chi connectivity index (χ0) is 14.8. The highest BCUT2D eigenvalue weighted by Gasteiger charge is 2.29. The molecule has 0 aromatic heterocycles. The maximum atomic E-state index is 12.0. The molecule has 1 rings (SSSR count). The van der Waals surface area contributed by atoms with Gasteiger partial charge in [-0.3, -0.25) is 9.52 Å². The van der Waals surface area contributed by atoms with Crippen molar-refractivity contribution < 1.29 is 17.9 Å². The lowest BCUT2D eigenvalue weighted by atomic mass is 10.1. The molecule has 3 N–H and O–H groups in total. The van der Waals surface area contributed by atoms with Crippen molar-refractivity contribution in [2.24, 2.45) is 0 Å². The van der Waals surface area contributed by atoms with E-state index in [1.54, 1.807) is 26.0 Å². The molecule has 1 aromatic rings. The average Bonchev–Trinajstić information content (AvgIpc) is 2.31. The summed E-state index contributed by atoms with van der Waals surface area (Å²) in [5.74, 6) is -0.807. The van der Waals surface area contributed by atoms with Crippen LogP contribution in [-0.4, -0.2) is 26.7 Å². The second-order valence-electron chi connectivity index (χ2n) is 4.34. The van der Waals surface area contributed by atoms with E-state index in [1.807, 2.05) is 0 Å². The van der Waals surface area contributed by atoms with E-state index in [0.717, 1.165) is 7.11 Å². The number of ether oxygens (including phenoxy) is 1. The predicted octanol–water partition coefficient (Wildman–Crippen LogP) is 1.19. The van der Waals surface area contributed by atoms with E-state index >= 15 is 0 Å². The molecule has 0 spiro atoms. The quantitative estimate of drug-likeness (QED) is 0.640. The molecule has 0 saturated carbocycles. The lowest BCUT2D eigenvalue weighted by molar-refractivity contribution is -0.139. The highest BCUT2D eigenvalue weighted by molar-refractivity contribution is 7.94. The van der Waals surface area contributed by atoms with Gasteiger partial charge in [0.15, 0.2) is 5.25 Å². The number of nitrogens with one attached hydrogen (secondary N) is 1. The molecule has 0 bridgehead atoms. The third kappa shape index (κ3) is 3.37. The van der Waals surface area contributed by atoms with Crippen LogP contribution in [0.2, 0.25) is 0 Å². The molecule has 0 heterocycles. The Balaban J connectivity index is 3.13. The van der Waals surface area contributed by atoms with Crippen LogP contribution in [0.15, 0.2) is 12.1 Å². The van der Waals surface area contributed by atoms with Crippen molar-refractivity contribution in [2.75, 3.05) is 17.6 Å². The number of methoxy groups -OCH3 is 1. The second kappa shape index (κ2) is 5.48. The Kier molecular flexibility index (Phi) is 4.41. The molecule has 1 aromatic carbocycles. The number of carbonyl (C=O) groups excluding carboxylic acids is 1. The molecule has 7 heteroatoms. The zero-order valence-electron chi connectivity index (χ0n) is 11.4. The van der Waals surface area contributed by atoms with Gasteiger partial charge in [0.2, 0.25) is 10.0 Å². The molecule has 0 aliphatic rings. The monoisotopic (exact) mass is 286 g/mol. The van der Waals surface area contributed by atoms with E-state index in [-0.39, 0.29) is 0 Å². The normalized spacial score (nSPS) is 12.8. The van der Waals surface area contributed by atoms with Gasteiger partial charge in [-0.25, -0.2) is 8.42 Å². The molecule has 0 aliphatic carbocycles. The van der Waals surface area contributed by atoms with Gasteiger partial charge >= 0.3 is 5.97 Å². The summed E-state index contributed by atoms with van der Waals surface area (Å²) in [4.78, 5) is 11.3. The lowest BCUT2D eigenvalue weighted by Crippen LogP contribution is -2.33. The van der Waals surface area contributed by atoms with Gasteiger partial charge in [-0.15, -0.1) is 0 Å². The third-order valence-electron chi connectivity index (χ3n) is 2.80. The number of esters is 1. The van der Waals surface area contributed by atoms with Gasteiger partial charge in [0.25, 0.3) is 0 Å². The van der Waals surface area contributed by atoms with Gasteiger partial charge < -0.3 is 10.5 Å². The summed E-state index contributed by atoms with van der Waals surface area (Å²) in [7, 11) is -2.70. The molecular formula is C12H18N2O4S. The summed E-state index contributed by atoms with van der Waals surface area (Å²) in [6.07, 6.45) is 0. The van der Waals surface area contributed by atoms with Crippen LogP contribution in [0, 0.1) is 13.8 Å². The van der Waals surface area contributed by atoms with Crippen molar-refractivity contribution in [3.05, 3.63) is 23.3 Å². The second-order valence-corrected chi connectivity index (χ2v) is 6.34. The Bertz CT molecular complexity index is 573. The Hall–Kier alpha value is -1.76. The van der Waals surface area contributed by atoms with Gasteiger partial charge in [0.05, 0.1) is 12.8 Å². The minimum atomic E-state index is -3.85. The van der Waals surface area contributed by atoms with Gasteiger partial charge in [-0.2, -0.15) is 0 Å². The van der Waals surface area contributed by atoms with Gasteiger partial charge in [-0.05, 0) is 44.0 Å². The molecule has 106 valence electrons. The van der Waals surface area contributed by atoms with Crippen LogP contribution in [0.25, 0.3) is 0 Å². The van der Waals surface area contributed by atoms with Crippen LogP contribution >= 0.6 is 0 Å². The first-order valence-electron chi connectivity index (χ1n) is 5.65. The molecule has 0 aliphatic heterocycles. The zero-order valence-corrected chi connectivity index (χ0v) is 12.2. The van der Waals surface area contributed by atoms with E-state index in [4.69, 9.17) is 5.73 Å². The topological polar surface area (TPSA) is 98.5 Å². The fraction of sp³-hybridized carbons (Fsp3) is 0.417. The number of carbonyl (C=O) groups is 1. The summed E-state index contributed by atoms with van der Waals surface area (Å²) in [5, 5.41) is -1.28. The van der Waals surface area contributed by atoms with Crippen molar-refractivity contribution in [2.45, 2.75) is 26.0 Å². The Morgan fingerprint density at radius 3 is 2.21 bits per heavy atom. The number of sulfonamides is 1. The maximum absolute atomic E-state index is 12.0. The van der Waals surface area contributed by atoms with Crippen LogP contribution in [0.3, 0.4) is 0 Å². The van der Waals surface area contributed by atoms with Crippen LogP contribution in [0.1, 0.15) is 18.1 Å². The van der Waals surface area contributed by atoms with E-state index in [0.29, 0.717) is 22.5 Å². The summed E-state index contributed by atoms with van der Waals surface area (Å²) >= 11 is 0. The van der Waals surface area contributed by atoms with E-state index in [1.165, 1.54) is 6.92 Å². The first-order chi connectivity index (χ1) is 8.69. The first-order valence-corrected chi connectivity index (χ1v) is 7.20. The van der Waals surface area contributed by atoms with Crippen LogP contribution in [0.4, 0.5) is 11.4 Å². The number of nitrogen functional groups attached to an aromatic ring is 1. The smallest absolute Gasteiger partial charge is 0.325 e. The van der Waals surface area contributed by atoms with Crippen molar-refractivity contribution in [3.8, 4) is 0 Å². The Labute approximate surface area is 113 Å². The first kappa shape index (κ1) is 15.3. The third-order valence-corrected chi connectivity index (χ3v) is 4.41. The standard InChI is InChI=1S/C12H18N2O4S/c1-7-5-10(13)6-8(2)11(7)14-19(16,17)9(3)12(15)18-4/h5-6,9,14H,13H2,1-4H3.